The molecule has 1 N–H and O–H groups in total. The maximum atomic E-state index is 10.9. The topological polar surface area (TPSA) is 75.1 Å². The van der Waals surface area contributed by atoms with Gasteiger partial charge in [-0.2, -0.15) is 5.10 Å². The molecule has 0 unspecified atom stereocenters. The van der Waals surface area contributed by atoms with Gasteiger partial charge < -0.3 is 4.90 Å². The van der Waals surface area contributed by atoms with Crippen molar-refractivity contribution in [3.05, 3.63) is 40.2 Å². The Balaban J connectivity index is 2.55. The Kier molecular flexibility index (Phi) is 2.78. The highest BCUT2D eigenvalue weighted by atomic mass is 16.6. The molecule has 17 heavy (non-hydrogen) atoms. The molecular weight excluding hydrogens is 220 g/mol. The van der Waals surface area contributed by atoms with E-state index in [1.54, 1.807) is 6.20 Å². The monoisotopic (exact) mass is 232 g/mol. The lowest BCUT2D eigenvalue weighted by Crippen LogP contribution is -1.99. The average Bonchev–Trinajstić information content (AvgIpc) is 2.72. The maximum Gasteiger partial charge on any atom is 0.295 e. The molecule has 6 nitrogen and oxygen atoms in total. The van der Waals surface area contributed by atoms with Gasteiger partial charge >= 0.3 is 0 Å². The number of nitrogens with zero attached hydrogens (tertiary/aromatic N) is 3. The summed E-state index contributed by atoms with van der Waals surface area (Å²) in [6.07, 6.45) is 5.24. The van der Waals surface area contributed by atoms with Crippen molar-refractivity contribution in [1.82, 2.24) is 15.1 Å². The lowest BCUT2D eigenvalue weighted by molar-refractivity contribution is -0.383. The third-order valence-corrected chi connectivity index (χ3v) is 2.31. The van der Waals surface area contributed by atoms with Crippen molar-refractivity contribution in [3.63, 3.8) is 0 Å². The molecular formula is C11H12N4O2. The summed E-state index contributed by atoms with van der Waals surface area (Å²) in [5.74, 6) is 0. The summed E-state index contributed by atoms with van der Waals surface area (Å²) in [5, 5.41) is 18.1. The summed E-state index contributed by atoms with van der Waals surface area (Å²) in [5.41, 5.74) is 1.27. The first kappa shape index (κ1) is 11.1. The van der Waals surface area contributed by atoms with E-state index >= 15 is 0 Å². The van der Waals surface area contributed by atoms with Crippen LogP contribution in [-0.4, -0.2) is 34.1 Å². The minimum Gasteiger partial charge on any atom is -0.383 e. The molecule has 0 saturated heterocycles. The van der Waals surface area contributed by atoms with Crippen LogP contribution in [0.1, 0.15) is 5.56 Å². The fourth-order valence-corrected chi connectivity index (χ4v) is 1.54. The third kappa shape index (κ3) is 2.25. The molecule has 0 aliphatic rings. The molecule has 88 valence electrons. The second-order valence-corrected chi connectivity index (χ2v) is 3.91. The zero-order valence-corrected chi connectivity index (χ0v) is 9.54. The highest BCUT2D eigenvalue weighted by molar-refractivity contribution is 5.89. The minimum absolute atomic E-state index is 0.0402. The number of nitrogens with one attached hydrogen (secondary N) is 1. The molecule has 1 aromatic carbocycles. The van der Waals surface area contributed by atoms with E-state index in [1.807, 2.05) is 37.3 Å². The quantitative estimate of drug-likeness (QED) is 0.648. The molecule has 6 heteroatoms. The maximum absolute atomic E-state index is 10.9. The Hall–Kier alpha value is -2.37. The first-order valence-corrected chi connectivity index (χ1v) is 5.04. The van der Waals surface area contributed by atoms with E-state index in [0.717, 1.165) is 10.9 Å². The van der Waals surface area contributed by atoms with Crippen molar-refractivity contribution in [3.8, 4) is 0 Å². The van der Waals surface area contributed by atoms with E-state index in [-0.39, 0.29) is 5.69 Å². The molecule has 0 fully saturated rings. The standard InChI is InChI=1S/C11H12N4O2/c1-14(2)4-3-8-5-9-7-12-13-11(9)10(6-8)15(16)17/h3-7H,1-2H3,(H,12,13). The van der Waals surface area contributed by atoms with Crippen LogP contribution in [0.15, 0.2) is 24.5 Å². The Bertz CT molecular complexity index is 586. The van der Waals surface area contributed by atoms with Crippen LogP contribution in [0.3, 0.4) is 0 Å². The van der Waals surface area contributed by atoms with Crippen molar-refractivity contribution in [1.29, 1.82) is 0 Å². The van der Waals surface area contributed by atoms with Crippen LogP contribution in [-0.2, 0) is 0 Å². The second kappa shape index (κ2) is 4.25. The van der Waals surface area contributed by atoms with E-state index in [0.29, 0.717) is 5.52 Å². The number of aromatic amines is 1. The third-order valence-electron chi connectivity index (χ3n) is 2.31. The van der Waals surface area contributed by atoms with Gasteiger partial charge in [0.15, 0.2) is 0 Å². The number of rotatable bonds is 3. The summed E-state index contributed by atoms with van der Waals surface area (Å²) in [6, 6.07) is 3.38. The lowest BCUT2D eigenvalue weighted by Gasteiger charge is -2.03. The van der Waals surface area contributed by atoms with Crippen LogP contribution in [0.2, 0.25) is 0 Å². The molecule has 0 spiro atoms. The molecule has 0 saturated carbocycles. The molecule has 2 aromatic rings. The largest absolute Gasteiger partial charge is 0.383 e. The second-order valence-electron chi connectivity index (χ2n) is 3.91. The molecule has 0 aliphatic heterocycles. The van der Waals surface area contributed by atoms with Crippen LogP contribution in [0.4, 0.5) is 5.69 Å². The minimum atomic E-state index is -0.409. The molecule has 0 amide bonds. The number of non-ortho nitro benzene ring substituents is 1. The Morgan fingerprint density at radius 2 is 2.24 bits per heavy atom. The Morgan fingerprint density at radius 1 is 1.47 bits per heavy atom. The SMILES string of the molecule is CN(C)C=Cc1cc([N+](=O)[O-])c2[nH]ncc2c1. The Labute approximate surface area is 97.7 Å². The zero-order valence-electron chi connectivity index (χ0n) is 9.54. The molecule has 0 atom stereocenters. The average molecular weight is 232 g/mol. The zero-order chi connectivity index (χ0) is 12.4. The van der Waals surface area contributed by atoms with Crippen LogP contribution >= 0.6 is 0 Å². The summed E-state index contributed by atoms with van der Waals surface area (Å²) in [6.45, 7) is 0. The fraction of sp³-hybridized carbons (Fsp3) is 0.182. The lowest BCUT2D eigenvalue weighted by atomic mass is 10.1. The highest BCUT2D eigenvalue weighted by Crippen LogP contribution is 2.25. The molecule has 2 rings (SSSR count). The first-order valence-electron chi connectivity index (χ1n) is 5.04. The van der Waals surface area contributed by atoms with Gasteiger partial charge in [-0.3, -0.25) is 15.2 Å². The summed E-state index contributed by atoms with van der Waals surface area (Å²) in [4.78, 5) is 12.4. The van der Waals surface area contributed by atoms with Gasteiger partial charge in [0, 0.05) is 25.5 Å². The summed E-state index contributed by atoms with van der Waals surface area (Å²) >= 11 is 0. The number of hydrogen-bond acceptors (Lipinski definition) is 4. The number of nitro groups is 1. The number of H-pyrrole nitrogens is 1. The predicted molar refractivity (Wildman–Crippen MR) is 65.5 cm³/mol. The van der Waals surface area contributed by atoms with E-state index in [4.69, 9.17) is 0 Å². The number of hydrogen-bond donors (Lipinski definition) is 1. The molecule has 0 radical (unpaired) electrons. The smallest absolute Gasteiger partial charge is 0.295 e. The van der Waals surface area contributed by atoms with Gasteiger partial charge in [-0.25, -0.2) is 0 Å². The number of fused-ring (bicyclic) bond motifs is 1. The van der Waals surface area contributed by atoms with Crippen molar-refractivity contribution in [2.45, 2.75) is 0 Å². The van der Waals surface area contributed by atoms with Crippen LogP contribution < -0.4 is 0 Å². The van der Waals surface area contributed by atoms with Crippen molar-refractivity contribution in [2.24, 2.45) is 0 Å². The van der Waals surface area contributed by atoms with E-state index in [1.165, 1.54) is 6.07 Å². The number of nitro benzene ring substituents is 1. The van der Waals surface area contributed by atoms with Gasteiger partial charge in [0.25, 0.3) is 5.69 Å². The first-order chi connectivity index (χ1) is 8.08. The fourth-order valence-electron chi connectivity index (χ4n) is 1.54. The van der Waals surface area contributed by atoms with Gasteiger partial charge in [-0.1, -0.05) is 0 Å². The normalized spacial score (nSPS) is 11.2. The predicted octanol–water partition coefficient (Wildman–Crippen LogP) is 2.00. The highest BCUT2D eigenvalue weighted by Gasteiger charge is 2.14. The van der Waals surface area contributed by atoms with Crippen molar-refractivity contribution >= 4 is 22.7 Å². The van der Waals surface area contributed by atoms with E-state index in [2.05, 4.69) is 10.2 Å². The van der Waals surface area contributed by atoms with E-state index in [9.17, 15) is 10.1 Å². The van der Waals surface area contributed by atoms with Gasteiger partial charge in [0.2, 0.25) is 0 Å². The molecule has 1 heterocycles. The van der Waals surface area contributed by atoms with Crippen molar-refractivity contribution in [2.75, 3.05) is 14.1 Å². The van der Waals surface area contributed by atoms with Gasteiger partial charge in [0.1, 0.15) is 5.52 Å². The number of benzene rings is 1. The van der Waals surface area contributed by atoms with Gasteiger partial charge in [0.05, 0.1) is 11.1 Å². The summed E-state index contributed by atoms with van der Waals surface area (Å²) in [7, 11) is 3.78. The van der Waals surface area contributed by atoms with Gasteiger partial charge in [-0.05, 0) is 23.9 Å². The Morgan fingerprint density at radius 3 is 2.88 bits per heavy atom. The molecule has 0 aliphatic carbocycles. The number of aromatic nitrogens is 2. The van der Waals surface area contributed by atoms with Crippen LogP contribution in [0.5, 0.6) is 0 Å². The summed E-state index contributed by atoms with van der Waals surface area (Å²) < 4.78 is 0. The molecule has 1 aromatic heterocycles. The molecule has 0 bridgehead atoms. The van der Waals surface area contributed by atoms with Crippen LogP contribution in [0, 0.1) is 10.1 Å². The van der Waals surface area contributed by atoms with Crippen LogP contribution in [0.25, 0.3) is 17.0 Å². The van der Waals surface area contributed by atoms with Gasteiger partial charge in [-0.15, -0.1) is 0 Å². The van der Waals surface area contributed by atoms with E-state index < -0.39 is 4.92 Å². The van der Waals surface area contributed by atoms with Crippen molar-refractivity contribution < 1.29 is 4.92 Å².